The highest BCUT2D eigenvalue weighted by Gasteiger charge is 2.53. The van der Waals surface area contributed by atoms with E-state index in [1.54, 1.807) is 0 Å². The summed E-state index contributed by atoms with van der Waals surface area (Å²) in [5, 5.41) is 121. The van der Waals surface area contributed by atoms with Gasteiger partial charge in [0, 0.05) is 6.42 Å². The highest BCUT2D eigenvalue weighted by molar-refractivity contribution is 5.76. The monoisotopic (exact) mass is 1230 g/mol. The van der Waals surface area contributed by atoms with Gasteiger partial charge in [0.25, 0.3) is 0 Å². The number of ether oxygens (including phenoxy) is 6. The Morgan fingerprint density at radius 3 is 1.20 bits per heavy atom. The van der Waals surface area contributed by atoms with E-state index < -0.39 is 124 Å². The van der Waals surface area contributed by atoms with Crippen molar-refractivity contribution in [3.63, 3.8) is 0 Å². The van der Waals surface area contributed by atoms with Crippen molar-refractivity contribution < 1.29 is 89.4 Å². The van der Waals surface area contributed by atoms with Crippen LogP contribution in [0.5, 0.6) is 0 Å². The molecule has 3 saturated heterocycles. The molecule has 12 N–H and O–H groups in total. The van der Waals surface area contributed by atoms with Crippen molar-refractivity contribution in [3.8, 4) is 0 Å². The van der Waals surface area contributed by atoms with Gasteiger partial charge in [-0.15, -0.1) is 0 Å². The summed E-state index contributed by atoms with van der Waals surface area (Å²) in [7, 11) is 0. The molecule has 3 fully saturated rings. The first-order valence-electron chi connectivity index (χ1n) is 34.2. The predicted molar refractivity (Wildman–Crippen MR) is 333 cm³/mol. The summed E-state index contributed by atoms with van der Waals surface area (Å²) >= 11 is 0. The second kappa shape index (κ2) is 49.7. The maximum absolute atomic E-state index is 13.4. The minimum absolute atomic E-state index is 0.246. The molecule has 0 aromatic heterocycles. The topological polar surface area (TPSA) is 307 Å². The Morgan fingerprint density at radius 2 is 0.767 bits per heavy atom. The Kier molecular flexibility index (Phi) is 45.2. The second-order valence-electron chi connectivity index (χ2n) is 24.6. The number of carbonyl (C=O) groups excluding carboxylic acids is 1. The third kappa shape index (κ3) is 31.8. The molecule has 1 amide bonds. The summed E-state index contributed by atoms with van der Waals surface area (Å²) in [4.78, 5) is 13.4. The Labute approximate surface area is 517 Å². The number of rotatable bonds is 52. The molecule has 0 spiro atoms. The number of nitrogens with one attached hydrogen (secondary N) is 1. The van der Waals surface area contributed by atoms with Gasteiger partial charge in [0.15, 0.2) is 18.9 Å². The van der Waals surface area contributed by atoms with Gasteiger partial charge in [-0.05, 0) is 51.4 Å². The van der Waals surface area contributed by atoms with Crippen molar-refractivity contribution in [3.05, 3.63) is 36.5 Å². The molecule has 0 aromatic carbocycles. The molecule has 3 rings (SSSR count). The van der Waals surface area contributed by atoms with Crippen LogP contribution in [0.2, 0.25) is 0 Å². The number of aliphatic hydroxyl groups excluding tert-OH is 11. The molecule has 3 aliphatic rings. The summed E-state index contributed by atoms with van der Waals surface area (Å²) < 4.78 is 34.4. The lowest BCUT2D eigenvalue weighted by Crippen LogP contribution is -2.66. The zero-order chi connectivity index (χ0) is 62.6. The van der Waals surface area contributed by atoms with Crippen molar-refractivity contribution >= 4 is 5.91 Å². The summed E-state index contributed by atoms with van der Waals surface area (Å²) in [6.45, 7) is 1.80. The molecule has 17 unspecified atom stereocenters. The molecule has 0 saturated carbocycles. The fourth-order valence-corrected chi connectivity index (χ4v) is 11.6. The number of carbonyl (C=O) groups is 1. The molecule has 0 radical (unpaired) electrons. The average Bonchev–Trinajstić information content (AvgIpc) is 3.70. The van der Waals surface area contributed by atoms with E-state index >= 15 is 0 Å². The van der Waals surface area contributed by atoms with Gasteiger partial charge in [-0.25, -0.2) is 0 Å². The Bertz CT molecular complexity index is 1710. The standard InChI is InChI=1S/C67H123NO18/c1-3-5-7-9-11-13-15-17-19-21-22-23-24-25-26-27-28-29-31-33-35-37-39-41-43-45-55(73)68-50(51(72)44-42-40-38-36-34-32-30-20-18-16-14-12-10-8-6-4-2)49-81-65-61(79)58(76)63(53(47-70)83-65)86-67-62(80)59(77)64(54(48-71)84-67)85-66-60(78)57(75)56(74)52(46-69)82-66/h15,17,21-22,24-25,50-54,56-67,69-72,74-80H,3-14,16,18-20,23,26-49H2,1-2H3,(H,68,73)/b17-15-,22-21-,25-24-. The molecule has 0 bridgehead atoms. The SMILES string of the molecule is CCCCCCC/C=C\C/C=C\C/C=C\CCCCCCCCCCCCC(=O)NC(COC1OC(CO)C(OC2OC(CO)C(OC3OC(CO)C(O)C(O)C3O)C(O)C2O)C(O)C1O)C(O)CCCCCCCCCCCCCCCCCC. The first-order chi connectivity index (χ1) is 41.8. The lowest BCUT2D eigenvalue weighted by Gasteiger charge is -2.48. The van der Waals surface area contributed by atoms with Crippen molar-refractivity contribution in [2.45, 2.75) is 356 Å². The molecule has 504 valence electrons. The van der Waals surface area contributed by atoms with Gasteiger partial charge >= 0.3 is 0 Å². The molecule has 19 nitrogen and oxygen atoms in total. The first-order valence-corrected chi connectivity index (χ1v) is 34.2. The van der Waals surface area contributed by atoms with Gasteiger partial charge in [0.2, 0.25) is 5.91 Å². The normalized spacial score (nSPS) is 29.0. The van der Waals surface area contributed by atoms with Gasteiger partial charge < -0.3 is 89.9 Å². The highest BCUT2D eigenvalue weighted by Crippen LogP contribution is 2.33. The van der Waals surface area contributed by atoms with E-state index in [1.807, 2.05) is 0 Å². The molecular formula is C67H123NO18. The molecule has 0 aromatic rings. The fourth-order valence-electron chi connectivity index (χ4n) is 11.6. The minimum atomic E-state index is -1.97. The van der Waals surface area contributed by atoms with Crippen molar-refractivity contribution in [1.29, 1.82) is 0 Å². The number of hydrogen-bond donors (Lipinski definition) is 12. The molecule has 3 aliphatic heterocycles. The van der Waals surface area contributed by atoms with E-state index in [1.165, 1.54) is 154 Å². The third-order valence-corrected chi connectivity index (χ3v) is 17.2. The first kappa shape index (κ1) is 78.3. The molecule has 86 heavy (non-hydrogen) atoms. The van der Waals surface area contributed by atoms with Crippen LogP contribution in [0.25, 0.3) is 0 Å². The van der Waals surface area contributed by atoms with E-state index in [0.717, 1.165) is 64.2 Å². The van der Waals surface area contributed by atoms with E-state index in [0.29, 0.717) is 12.8 Å². The highest BCUT2D eigenvalue weighted by atomic mass is 16.8. The Balaban J connectivity index is 1.43. The summed E-state index contributed by atoms with van der Waals surface area (Å²) in [5.74, 6) is -0.246. The summed E-state index contributed by atoms with van der Waals surface area (Å²) in [6.07, 6.45) is 29.3. The van der Waals surface area contributed by atoms with Crippen LogP contribution in [0.1, 0.15) is 251 Å². The number of amides is 1. The predicted octanol–water partition coefficient (Wildman–Crippen LogP) is 8.44. The molecule has 17 atom stereocenters. The van der Waals surface area contributed by atoms with E-state index in [-0.39, 0.29) is 18.9 Å². The second-order valence-corrected chi connectivity index (χ2v) is 24.6. The Hall–Kier alpha value is -1.99. The maximum Gasteiger partial charge on any atom is 0.220 e. The van der Waals surface area contributed by atoms with Gasteiger partial charge in [-0.1, -0.05) is 230 Å². The zero-order valence-electron chi connectivity index (χ0n) is 53.0. The van der Waals surface area contributed by atoms with E-state index in [4.69, 9.17) is 28.4 Å². The van der Waals surface area contributed by atoms with Gasteiger partial charge in [-0.2, -0.15) is 0 Å². The van der Waals surface area contributed by atoms with Crippen molar-refractivity contribution in [2.24, 2.45) is 0 Å². The fraction of sp³-hybridized carbons (Fsp3) is 0.896. The van der Waals surface area contributed by atoms with Crippen LogP contribution in [-0.4, -0.2) is 193 Å². The number of aliphatic hydroxyl groups is 11. The summed E-state index contributed by atoms with van der Waals surface area (Å²) in [6, 6.07) is -0.889. The smallest absolute Gasteiger partial charge is 0.220 e. The maximum atomic E-state index is 13.4. The van der Waals surface area contributed by atoms with Crippen LogP contribution in [0.15, 0.2) is 36.5 Å². The third-order valence-electron chi connectivity index (χ3n) is 17.2. The lowest BCUT2D eigenvalue weighted by molar-refractivity contribution is -0.379. The summed E-state index contributed by atoms with van der Waals surface area (Å²) in [5.41, 5.74) is 0. The van der Waals surface area contributed by atoms with Crippen molar-refractivity contribution in [2.75, 3.05) is 26.4 Å². The lowest BCUT2D eigenvalue weighted by atomic mass is 9.96. The molecule has 19 heteroatoms. The van der Waals surface area contributed by atoms with Crippen LogP contribution < -0.4 is 5.32 Å². The zero-order valence-corrected chi connectivity index (χ0v) is 53.0. The number of unbranched alkanes of at least 4 members (excludes halogenated alkanes) is 30. The van der Waals surface area contributed by atoms with Crippen LogP contribution in [-0.2, 0) is 33.2 Å². The molecule has 3 heterocycles. The number of allylic oxidation sites excluding steroid dienone is 6. The number of hydrogen-bond acceptors (Lipinski definition) is 18. The molecular weight excluding hydrogens is 1110 g/mol. The Morgan fingerprint density at radius 1 is 0.419 bits per heavy atom. The van der Waals surface area contributed by atoms with Crippen LogP contribution in [0, 0.1) is 0 Å². The van der Waals surface area contributed by atoms with Crippen LogP contribution in [0.3, 0.4) is 0 Å². The van der Waals surface area contributed by atoms with Gasteiger partial charge in [0.05, 0.1) is 38.6 Å². The quantitative estimate of drug-likeness (QED) is 0.0201. The van der Waals surface area contributed by atoms with E-state index in [2.05, 4.69) is 55.6 Å². The largest absolute Gasteiger partial charge is 0.394 e. The van der Waals surface area contributed by atoms with Crippen LogP contribution >= 0.6 is 0 Å². The van der Waals surface area contributed by atoms with Gasteiger partial charge in [-0.3, -0.25) is 4.79 Å². The van der Waals surface area contributed by atoms with E-state index in [9.17, 15) is 61.0 Å². The average molecular weight is 1230 g/mol. The van der Waals surface area contributed by atoms with Gasteiger partial charge in [0.1, 0.15) is 73.2 Å². The molecule has 0 aliphatic carbocycles. The minimum Gasteiger partial charge on any atom is -0.394 e. The van der Waals surface area contributed by atoms with Crippen LogP contribution in [0.4, 0.5) is 0 Å². The van der Waals surface area contributed by atoms with Crippen molar-refractivity contribution in [1.82, 2.24) is 5.32 Å².